The lowest BCUT2D eigenvalue weighted by Crippen LogP contribution is -2.16. The Bertz CT molecular complexity index is 1490. The molecule has 0 radical (unpaired) electrons. The number of fused-ring (bicyclic) bond motifs is 1. The molecule has 0 unspecified atom stereocenters. The molecule has 4 aromatic rings. The molecule has 32 heavy (non-hydrogen) atoms. The molecule has 1 aromatic heterocycles. The lowest BCUT2D eigenvalue weighted by atomic mass is 10.0. The fourth-order valence-electron chi connectivity index (χ4n) is 3.07. The zero-order valence-corrected chi connectivity index (χ0v) is 17.3. The first kappa shape index (κ1) is 21.4. The number of sulfonamides is 1. The Labute approximate surface area is 180 Å². The first-order chi connectivity index (χ1) is 15.2. The summed E-state index contributed by atoms with van der Waals surface area (Å²) in [6, 6.07) is 9.86. The molecule has 0 saturated carbocycles. The van der Waals surface area contributed by atoms with E-state index in [-0.39, 0.29) is 5.56 Å². The molecule has 0 aliphatic carbocycles. The molecule has 1 N–H and O–H groups in total. The highest BCUT2D eigenvalue weighted by molar-refractivity contribution is 7.92. The number of anilines is 1. The van der Waals surface area contributed by atoms with E-state index < -0.39 is 49.4 Å². The smallest absolute Gasteiger partial charge is 0.262 e. The zero-order valence-electron chi connectivity index (χ0n) is 16.4. The number of nitrogens with one attached hydrogen (secondary N) is 1. The topological polar surface area (TPSA) is 89.0 Å². The molecule has 0 aliphatic rings. The molecule has 0 saturated heterocycles. The molecule has 1 heterocycles. The van der Waals surface area contributed by atoms with E-state index in [2.05, 4.69) is 9.97 Å². The summed E-state index contributed by atoms with van der Waals surface area (Å²) in [5.41, 5.74) is -0.210. The second-order valence-electron chi connectivity index (χ2n) is 6.89. The zero-order chi connectivity index (χ0) is 23.0. The second kappa shape index (κ2) is 8.04. The van der Waals surface area contributed by atoms with Crippen LogP contribution < -0.4 is 4.72 Å². The molecular weight excluding hydrogens is 443 g/mol. The van der Waals surface area contributed by atoms with Crippen molar-refractivity contribution in [1.82, 2.24) is 9.97 Å². The van der Waals surface area contributed by atoms with Crippen LogP contribution in [0.4, 0.5) is 18.9 Å². The Kier molecular flexibility index (Phi) is 5.39. The van der Waals surface area contributed by atoms with Crippen molar-refractivity contribution in [3.05, 3.63) is 95.1 Å². The van der Waals surface area contributed by atoms with Gasteiger partial charge in [0.1, 0.15) is 11.6 Å². The van der Waals surface area contributed by atoms with Crippen LogP contribution in [0.5, 0.6) is 0 Å². The predicted octanol–water partition coefficient (Wildman–Crippen LogP) is 4.39. The molecule has 162 valence electrons. The van der Waals surface area contributed by atoms with Gasteiger partial charge in [-0.25, -0.2) is 26.6 Å². The first-order valence-corrected chi connectivity index (χ1v) is 10.7. The van der Waals surface area contributed by atoms with Gasteiger partial charge in [0, 0.05) is 11.8 Å². The predicted molar refractivity (Wildman–Crippen MR) is 111 cm³/mol. The van der Waals surface area contributed by atoms with Gasteiger partial charge in [0.15, 0.2) is 11.6 Å². The summed E-state index contributed by atoms with van der Waals surface area (Å²) in [7, 11) is -4.39. The minimum atomic E-state index is -4.39. The van der Waals surface area contributed by atoms with E-state index >= 15 is 4.39 Å². The van der Waals surface area contributed by atoms with Crippen LogP contribution in [0.1, 0.15) is 21.6 Å². The van der Waals surface area contributed by atoms with Crippen LogP contribution in [-0.4, -0.2) is 24.2 Å². The molecule has 0 aliphatic heterocycles. The monoisotopic (exact) mass is 457 g/mol. The summed E-state index contributed by atoms with van der Waals surface area (Å²) in [5, 5.41) is 0. The molecule has 10 heteroatoms. The molecule has 6 nitrogen and oxygen atoms in total. The minimum Gasteiger partial charge on any atom is -0.288 e. The van der Waals surface area contributed by atoms with Gasteiger partial charge in [0.05, 0.1) is 32.9 Å². The van der Waals surface area contributed by atoms with Crippen molar-refractivity contribution in [2.45, 2.75) is 11.8 Å². The van der Waals surface area contributed by atoms with Crippen LogP contribution in [-0.2, 0) is 10.0 Å². The van der Waals surface area contributed by atoms with Gasteiger partial charge in [0.2, 0.25) is 0 Å². The van der Waals surface area contributed by atoms with Crippen LogP contribution in [0, 0.1) is 24.4 Å². The molecule has 0 atom stereocenters. The van der Waals surface area contributed by atoms with Crippen LogP contribution >= 0.6 is 0 Å². The number of hydrogen-bond donors (Lipinski definition) is 1. The van der Waals surface area contributed by atoms with E-state index in [1.807, 2.05) is 4.72 Å². The van der Waals surface area contributed by atoms with Gasteiger partial charge in [-0.1, -0.05) is 6.07 Å². The standard InChI is InChI=1S/C22H14F3N3O3S/c1-12-11-26-17-7-5-13(9-19(17)27-12)22(29)20-16(24)6-8-18(21(20)25)28-32(30,31)15-4-2-3-14(23)10-15/h2-11,28H,1H3. The van der Waals surface area contributed by atoms with Crippen LogP contribution in [0.15, 0.2) is 65.7 Å². The highest BCUT2D eigenvalue weighted by Crippen LogP contribution is 2.27. The number of nitrogens with zero attached hydrogens (tertiary/aromatic N) is 2. The number of aryl methyl sites for hydroxylation is 1. The number of aromatic nitrogens is 2. The van der Waals surface area contributed by atoms with Crippen LogP contribution in [0.25, 0.3) is 11.0 Å². The third-order valence-electron chi connectivity index (χ3n) is 4.59. The fraction of sp³-hybridized carbons (Fsp3) is 0.0455. The Morgan fingerprint density at radius 2 is 1.75 bits per heavy atom. The number of hydrogen-bond acceptors (Lipinski definition) is 5. The highest BCUT2D eigenvalue weighted by atomic mass is 32.2. The molecule has 0 amide bonds. The van der Waals surface area contributed by atoms with Crippen molar-refractivity contribution >= 4 is 32.5 Å². The maximum atomic E-state index is 15.1. The van der Waals surface area contributed by atoms with Gasteiger partial charge in [0.25, 0.3) is 10.0 Å². The van der Waals surface area contributed by atoms with E-state index in [1.54, 1.807) is 6.92 Å². The molecule has 0 spiro atoms. The normalized spacial score (nSPS) is 11.5. The first-order valence-electron chi connectivity index (χ1n) is 9.20. The van der Waals surface area contributed by atoms with Crippen molar-refractivity contribution in [3.8, 4) is 0 Å². The van der Waals surface area contributed by atoms with Crippen molar-refractivity contribution < 1.29 is 26.4 Å². The highest BCUT2D eigenvalue weighted by Gasteiger charge is 2.25. The summed E-state index contributed by atoms with van der Waals surface area (Å²) in [5.74, 6) is -4.38. The Morgan fingerprint density at radius 3 is 2.50 bits per heavy atom. The lowest BCUT2D eigenvalue weighted by Gasteiger charge is -2.12. The van der Waals surface area contributed by atoms with Crippen molar-refractivity contribution in [1.29, 1.82) is 0 Å². The van der Waals surface area contributed by atoms with Gasteiger partial charge in [-0.05, 0) is 55.5 Å². The summed E-state index contributed by atoms with van der Waals surface area (Å²) in [6.45, 7) is 1.70. The largest absolute Gasteiger partial charge is 0.288 e. The SMILES string of the molecule is Cc1cnc2ccc(C(=O)c3c(F)ccc(NS(=O)(=O)c4cccc(F)c4)c3F)cc2n1. The maximum Gasteiger partial charge on any atom is 0.262 e. The Morgan fingerprint density at radius 1 is 0.969 bits per heavy atom. The third-order valence-corrected chi connectivity index (χ3v) is 5.96. The Hall–Kier alpha value is -3.79. The lowest BCUT2D eigenvalue weighted by molar-refractivity contribution is 0.103. The number of carbonyl (C=O) groups excluding carboxylic acids is 1. The van der Waals surface area contributed by atoms with Gasteiger partial charge in [-0.15, -0.1) is 0 Å². The van der Waals surface area contributed by atoms with Crippen molar-refractivity contribution in [2.24, 2.45) is 0 Å². The van der Waals surface area contributed by atoms with E-state index in [1.165, 1.54) is 30.5 Å². The summed E-state index contributed by atoms with van der Waals surface area (Å²) >= 11 is 0. The molecule has 0 fully saturated rings. The van der Waals surface area contributed by atoms with Gasteiger partial charge < -0.3 is 0 Å². The molecular formula is C22H14F3N3O3S. The van der Waals surface area contributed by atoms with E-state index in [0.29, 0.717) is 16.7 Å². The minimum absolute atomic E-state index is 0.0552. The van der Waals surface area contributed by atoms with E-state index in [4.69, 9.17) is 0 Å². The van der Waals surface area contributed by atoms with Gasteiger partial charge in [-0.3, -0.25) is 14.5 Å². The van der Waals surface area contributed by atoms with Crippen molar-refractivity contribution in [2.75, 3.05) is 4.72 Å². The van der Waals surface area contributed by atoms with Crippen molar-refractivity contribution in [3.63, 3.8) is 0 Å². The van der Waals surface area contributed by atoms with E-state index in [0.717, 1.165) is 30.3 Å². The summed E-state index contributed by atoms with van der Waals surface area (Å²) in [6.07, 6.45) is 1.54. The average Bonchev–Trinajstić information content (AvgIpc) is 2.75. The van der Waals surface area contributed by atoms with Gasteiger partial charge >= 0.3 is 0 Å². The number of ketones is 1. The maximum absolute atomic E-state index is 15.1. The molecule has 0 bridgehead atoms. The number of halogens is 3. The van der Waals surface area contributed by atoms with Crippen LogP contribution in [0.2, 0.25) is 0 Å². The number of carbonyl (C=O) groups is 1. The summed E-state index contributed by atoms with van der Waals surface area (Å²) < 4.78 is 69.8. The number of benzene rings is 3. The van der Waals surface area contributed by atoms with E-state index in [9.17, 15) is 22.0 Å². The Balaban J connectivity index is 1.74. The van der Waals surface area contributed by atoms with Gasteiger partial charge in [-0.2, -0.15) is 0 Å². The second-order valence-corrected chi connectivity index (χ2v) is 8.57. The third kappa shape index (κ3) is 4.04. The summed E-state index contributed by atoms with van der Waals surface area (Å²) in [4.78, 5) is 20.8. The molecule has 3 aromatic carbocycles. The molecule has 4 rings (SSSR count). The quantitative estimate of drug-likeness (QED) is 0.449. The fourth-order valence-corrected chi connectivity index (χ4v) is 4.16. The average molecular weight is 457 g/mol. The van der Waals surface area contributed by atoms with Crippen LogP contribution in [0.3, 0.4) is 0 Å². The number of rotatable bonds is 5.